The lowest BCUT2D eigenvalue weighted by atomic mass is 10.2. The van der Waals surface area contributed by atoms with Gasteiger partial charge in [-0.3, -0.25) is 14.2 Å². The normalized spacial score (nSPS) is 13.8. The predicted octanol–water partition coefficient (Wildman–Crippen LogP) is 2.24. The van der Waals surface area contributed by atoms with Crippen LogP contribution in [0.4, 0.5) is 11.4 Å². The molecule has 1 saturated heterocycles. The van der Waals surface area contributed by atoms with Crippen LogP contribution in [0.2, 0.25) is 0 Å². The maximum absolute atomic E-state index is 12.4. The lowest BCUT2D eigenvalue weighted by Gasteiger charge is -2.28. The predicted molar refractivity (Wildman–Crippen MR) is 117 cm³/mol. The molecule has 3 aromatic rings. The second-order valence-electron chi connectivity index (χ2n) is 6.97. The van der Waals surface area contributed by atoms with Gasteiger partial charge in [0.1, 0.15) is 6.33 Å². The molecule has 0 saturated carbocycles. The van der Waals surface area contributed by atoms with Gasteiger partial charge in [-0.1, -0.05) is 29.5 Å². The van der Waals surface area contributed by atoms with Crippen LogP contribution in [0.3, 0.4) is 0 Å². The average Bonchev–Trinajstić information content (AvgIpc) is 3.22. The van der Waals surface area contributed by atoms with E-state index in [4.69, 9.17) is 0 Å². The van der Waals surface area contributed by atoms with Gasteiger partial charge in [-0.05, 0) is 43.3 Å². The van der Waals surface area contributed by atoms with Crippen molar-refractivity contribution in [3.63, 3.8) is 0 Å². The molecule has 9 heteroatoms. The third-order valence-corrected chi connectivity index (χ3v) is 5.66. The fourth-order valence-electron chi connectivity index (χ4n) is 3.15. The minimum atomic E-state index is -0.122. The molecular formula is C21H22N6O2S. The Morgan fingerprint density at radius 3 is 2.60 bits per heavy atom. The van der Waals surface area contributed by atoms with Crippen LogP contribution in [0.15, 0.2) is 60.0 Å². The zero-order valence-electron chi connectivity index (χ0n) is 16.5. The number of benzene rings is 2. The monoisotopic (exact) mass is 422 g/mol. The van der Waals surface area contributed by atoms with Crippen molar-refractivity contribution in [2.24, 2.45) is 0 Å². The van der Waals surface area contributed by atoms with Crippen LogP contribution in [0.5, 0.6) is 0 Å². The molecule has 2 heterocycles. The summed E-state index contributed by atoms with van der Waals surface area (Å²) in [7, 11) is 0. The first-order chi connectivity index (χ1) is 14.6. The second-order valence-corrected chi connectivity index (χ2v) is 7.92. The van der Waals surface area contributed by atoms with Crippen molar-refractivity contribution in [2.45, 2.75) is 12.1 Å². The van der Waals surface area contributed by atoms with E-state index in [9.17, 15) is 9.59 Å². The lowest BCUT2D eigenvalue weighted by molar-refractivity contribution is -0.120. The van der Waals surface area contributed by atoms with E-state index in [0.717, 1.165) is 17.9 Å². The van der Waals surface area contributed by atoms with E-state index in [0.29, 0.717) is 23.9 Å². The molecule has 2 aromatic carbocycles. The highest BCUT2D eigenvalue weighted by Crippen LogP contribution is 2.21. The molecule has 2 amide bonds. The average molecular weight is 423 g/mol. The largest absolute Gasteiger partial charge is 0.360 e. The zero-order valence-corrected chi connectivity index (χ0v) is 17.4. The van der Waals surface area contributed by atoms with Crippen molar-refractivity contribution in [2.75, 3.05) is 35.6 Å². The summed E-state index contributed by atoms with van der Waals surface area (Å²) >= 11 is 1.33. The van der Waals surface area contributed by atoms with Gasteiger partial charge >= 0.3 is 0 Å². The van der Waals surface area contributed by atoms with Crippen molar-refractivity contribution in [3.05, 3.63) is 60.4 Å². The van der Waals surface area contributed by atoms with Gasteiger partial charge in [-0.2, -0.15) is 0 Å². The van der Waals surface area contributed by atoms with Crippen molar-refractivity contribution in [1.29, 1.82) is 0 Å². The molecule has 0 atom stereocenters. The minimum absolute atomic E-state index is 0.0224. The van der Waals surface area contributed by atoms with Crippen molar-refractivity contribution in [3.8, 4) is 5.69 Å². The van der Waals surface area contributed by atoms with Crippen molar-refractivity contribution in [1.82, 2.24) is 20.1 Å². The Hall–Kier alpha value is -3.33. The summed E-state index contributed by atoms with van der Waals surface area (Å²) in [4.78, 5) is 25.9. The van der Waals surface area contributed by atoms with Gasteiger partial charge in [0.05, 0.1) is 12.3 Å². The van der Waals surface area contributed by atoms with E-state index in [1.807, 2.05) is 64.9 Å². The smallest absolute Gasteiger partial charge is 0.239 e. The van der Waals surface area contributed by atoms with Gasteiger partial charge in [0.25, 0.3) is 0 Å². The maximum atomic E-state index is 12.4. The molecule has 4 rings (SSSR count). The van der Waals surface area contributed by atoms with Crippen LogP contribution < -0.4 is 15.5 Å². The van der Waals surface area contributed by atoms with Crippen LogP contribution in [0.25, 0.3) is 5.69 Å². The van der Waals surface area contributed by atoms with E-state index in [1.54, 1.807) is 6.33 Å². The number of hydrogen-bond donors (Lipinski definition) is 2. The Bertz CT molecular complexity index is 1030. The number of carbonyl (C=O) groups is 2. The number of aromatic nitrogens is 3. The maximum Gasteiger partial charge on any atom is 0.239 e. The Labute approximate surface area is 178 Å². The molecule has 0 spiro atoms. The summed E-state index contributed by atoms with van der Waals surface area (Å²) in [5, 5.41) is 14.5. The summed E-state index contributed by atoms with van der Waals surface area (Å²) in [6.45, 7) is 3.80. The summed E-state index contributed by atoms with van der Waals surface area (Å²) in [5.74, 6) is 0.121. The summed E-state index contributed by atoms with van der Waals surface area (Å²) < 4.78 is 1.86. The standard InChI is InChI=1S/C21H22N6O2S/c1-15-2-6-18(7-3-15)27-14-23-25-21(27)30-13-20(29)24-16-4-8-17(9-5-16)26-11-10-22-19(28)12-26/h2-9,14H,10-13H2,1H3,(H,22,28)(H,24,29). The first-order valence-electron chi connectivity index (χ1n) is 9.60. The molecule has 8 nitrogen and oxygen atoms in total. The van der Waals surface area contributed by atoms with Gasteiger partial charge in [0, 0.05) is 30.2 Å². The van der Waals surface area contributed by atoms with Gasteiger partial charge < -0.3 is 15.5 Å². The molecule has 0 aliphatic carbocycles. The molecule has 2 N–H and O–H groups in total. The molecule has 0 unspecified atom stereocenters. The number of nitrogens with one attached hydrogen (secondary N) is 2. The molecule has 0 radical (unpaired) electrons. The van der Waals surface area contributed by atoms with E-state index >= 15 is 0 Å². The zero-order chi connectivity index (χ0) is 20.9. The van der Waals surface area contributed by atoms with E-state index in [1.165, 1.54) is 17.3 Å². The molecular weight excluding hydrogens is 400 g/mol. The molecule has 1 aliphatic rings. The Morgan fingerprint density at radius 1 is 1.13 bits per heavy atom. The van der Waals surface area contributed by atoms with Crippen molar-refractivity contribution < 1.29 is 9.59 Å². The molecule has 154 valence electrons. The Balaban J connectivity index is 1.33. The number of thioether (sulfide) groups is 1. The van der Waals surface area contributed by atoms with Gasteiger partial charge in [-0.15, -0.1) is 10.2 Å². The van der Waals surface area contributed by atoms with Crippen LogP contribution in [0, 0.1) is 6.92 Å². The number of aryl methyl sites for hydroxylation is 1. The SMILES string of the molecule is Cc1ccc(-n2cnnc2SCC(=O)Nc2ccc(N3CCNC(=O)C3)cc2)cc1. The third-order valence-electron chi connectivity index (χ3n) is 4.72. The summed E-state index contributed by atoms with van der Waals surface area (Å²) in [6, 6.07) is 15.6. The minimum Gasteiger partial charge on any atom is -0.360 e. The molecule has 30 heavy (non-hydrogen) atoms. The highest BCUT2D eigenvalue weighted by atomic mass is 32.2. The number of hydrogen-bond acceptors (Lipinski definition) is 6. The van der Waals surface area contributed by atoms with Crippen LogP contribution in [-0.4, -0.2) is 52.0 Å². The fraction of sp³-hybridized carbons (Fsp3) is 0.238. The summed E-state index contributed by atoms with van der Waals surface area (Å²) in [5.41, 5.74) is 3.81. The van der Waals surface area contributed by atoms with E-state index < -0.39 is 0 Å². The third kappa shape index (κ3) is 4.80. The first-order valence-corrected chi connectivity index (χ1v) is 10.6. The molecule has 0 bridgehead atoms. The topological polar surface area (TPSA) is 92.2 Å². The molecule has 1 aromatic heterocycles. The van der Waals surface area contributed by atoms with Gasteiger partial charge in [0.2, 0.25) is 11.8 Å². The Morgan fingerprint density at radius 2 is 1.87 bits per heavy atom. The van der Waals surface area contributed by atoms with E-state index in [2.05, 4.69) is 20.8 Å². The van der Waals surface area contributed by atoms with Gasteiger partial charge in [0.15, 0.2) is 5.16 Å². The van der Waals surface area contributed by atoms with Crippen molar-refractivity contribution >= 4 is 35.0 Å². The molecule has 1 fully saturated rings. The number of carbonyl (C=O) groups excluding carboxylic acids is 2. The number of amides is 2. The highest BCUT2D eigenvalue weighted by Gasteiger charge is 2.16. The molecule has 1 aliphatic heterocycles. The number of nitrogens with zero attached hydrogens (tertiary/aromatic N) is 4. The second kappa shape index (κ2) is 9.00. The van der Waals surface area contributed by atoms with Crippen LogP contribution in [0.1, 0.15) is 5.56 Å². The first kappa shape index (κ1) is 20.0. The lowest BCUT2D eigenvalue weighted by Crippen LogP contribution is -2.47. The number of anilines is 2. The summed E-state index contributed by atoms with van der Waals surface area (Å²) in [6.07, 6.45) is 1.64. The Kier molecular flexibility index (Phi) is 5.99. The van der Waals surface area contributed by atoms with Crippen LogP contribution in [-0.2, 0) is 9.59 Å². The number of piperazine rings is 1. The van der Waals surface area contributed by atoms with Gasteiger partial charge in [-0.25, -0.2) is 0 Å². The quantitative estimate of drug-likeness (QED) is 0.592. The van der Waals surface area contributed by atoms with E-state index in [-0.39, 0.29) is 17.6 Å². The highest BCUT2D eigenvalue weighted by molar-refractivity contribution is 7.99. The number of rotatable bonds is 6. The van der Waals surface area contributed by atoms with Crippen LogP contribution >= 0.6 is 11.8 Å². The fourth-order valence-corrected chi connectivity index (χ4v) is 3.88.